The van der Waals surface area contributed by atoms with Crippen LogP contribution in [-0.4, -0.2) is 33.7 Å². The topological polar surface area (TPSA) is 38.1 Å². The fourth-order valence-electron chi connectivity index (χ4n) is 3.40. The number of nitrogens with zero attached hydrogens (tertiary/aromatic N) is 3. The van der Waals surface area contributed by atoms with Crippen LogP contribution in [-0.2, 0) is 6.54 Å². The molecule has 2 heterocycles. The number of benzene rings is 1. The maximum atomic E-state index is 12.7. The SMILES string of the molecule is CC1CC(C)CN(C(=O)c2cccc(Cn3cccn3)c2)C1. The molecule has 1 aromatic heterocycles. The summed E-state index contributed by atoms with van der Waals surface area (Å²) in [4.78, 5) is 14.8. The van der Waals surface area contributed by atoms with Crippen molar-refractivity contribution < 1.29 is 4.79 Å². The summed E-state index contributed by atoms with van der Waals surface area (Å²) in [5, 5.41) is 4.22. The molecule has 1 aliphatic heterocycles. The van der Waals surface area contributed by atoms with E-state index >= 15 is 0 Å². The van der Waals surface area contributed by atoms with E-state index < -0.39 is 0 Å². The van der Waals surface area contributed by atoms with E-state index in [0.29, 0.717) is 18.4 Å². The average molecular weight is 297 g/mol. The van der Waals surface area contributed by atoms with E-state index in [-0.39, 0.29) is 5.91 Å². The maximum Gasteiger partial charge on any atom is 0.253 e. The number of carbonyl (C=O) groups is 1. The van der Waals surface area contributed by atoms with Crippen LogP contribution in [0.5, 0.6) is 0 Å². The molecule has 1 aliphatic rings. The number of hydrogen-bond donors (Lipinski definition) is 0. The highest BCUT2D eigenvalue weighted by Gasteiger charge is 2.26. The highest BCUT2D eigenvalue weighted by Crippen LogP contribution is 2.22. The fraction of sp³-hybridized carbons (Fsp3) is 0.444. The molecule has 0 spiro atoms. The van der Waals surface area contributed by atoms with Crippen molar-refractivity contribution in [1.29, 1.82) is 0 Å². The first-order chi connectivity index (χ1) is 10.6. The molecule has 0 saturated carbocycles. The van der Waals surface area contributed by atoms with Crippen LogP contribution in [0.1, 0.15) is 36.2 Å². The van der Waals surface area contributed by atoms with Crippen LogP contribution < -0.4 is 0 Å². The Balaban J connectivity index is 1.75. The molecular weight excluding hydrogens is 274 g/mol. The van der Waals surface area contributed by atoms with Gasteiger partial charge in [-0.15, -0.1) is 0 Å². The number of rotatable bonds is 3. The summed E-state index contributed by atoms with van der Waals surface area (Å²) in [6, 6.07) is 9.82. The second kappa shape index (κ2) is 6.34. The molecule has 0 radical (unpaired) electrons. The first-order valence-electron chi connectivity index (χ1n) is 7.97. The van der Waals surface area contributed by atoms with Gasteiger partial charge in [0, 0.05) is 31.0 Å². The fourth-order valence-corrected chi connectivity index (χ4v) is 3.40. The lowest BCUT2D eigenvalue weighted by molar-refractivity contribution is 0.0623. The van der Waals surface area contributed by atoms with E-state index in [2.05, 4.69) is 18.9 Å². The Morgan fingerprint density at radius 1 is 1.23 bits per heavy atom. The molecule has 2 unspecified atom stereocenters. The van der Waals surface area contributed by atoms with Crippen LogP contribution >= 0.6 is 0 Å². The van der Waals surface area contributed by atoms with Crippen LogP contribution in [0.3, 0.4) is 0 Å². The van der Waals surface area contributed by atoms with Crippen molar-refractivity contribution in [3.05, 3.63) is 53.9 Å². The first kappa shape index (κ1) is 14.8. The number of piperidine rings is 1. The van der Waals surface area contributed by atoms with Gasteiger partial charge in [-0.25, -0.2) is 0 Å². The van der Waals surface area contributed by atoms with Gasteiger partial charge in [0.1, 0.15) is 0 Å². The van der Waals surface area contributed by atoms with Crippen molar-refractivity contribution >= 4 is 5.91 Å². The molecular formula is C18H23N3O. The van der Waals surface area contributed by atoms with E-state index in [1.807, 2.05) is 46.1 Å². The third-order valence-electron chi connectivity index (χ3n) is 4.23. The van der Waals surface area contributed by atoms with Crippen molar-refractivity contribution in [3.8, 4) is 0 Å². The largest absolute Gasteiger partial charge is 0.338 e. The predicted octanol–water partition coefficient (Wildman–Crippen LogP) is 3.05. The zero-order valence-corrected chi connectivity index (χ0v) is 13.3. The molecule has 116 valence electrons. The molecule has 0 aliphatic carbocycles. The van der Waals surface area contributed by atoms with Crippen LogP contribution in [0.15, 0.2) is 42.7 Å². The predicted molar refractivity (Wildman–Crippen MR) is 86.6 cm³/mol. The minimum atomic E-state index is 0.153. The van der Waals surface area contributed by atoms with Gasteiger partial charge in [-0.05, 0) is 42.0 Å². The molecule has 2 aromatic rings. The summed E-state index contributed by atoms with van der Waals surface area (Å²) in [7, 11) is 0. The molecule has 1 amide bonds. The van der Waals surface area contributed by atoms with Gasteiger partial charge in [-0.2, -0.15) is 5.10 Å². The second-order valence-electron chi connectivity index (χ2n) is 6.56. The molecule has 1 saturated heterocycles. The smallest absolute Gasteiger partial charge is 0.253 e. The van der Waals surface area contributed by atoms with Gasteiger partial charge in [-0.3, -0.25) is 9.48 Å². The molecule has 0 N–H and O–H groups in total. The van der Waals surface area contributed by atoms with Crippen LogP contribution in [0.4, 0.5) is 0 Å². The number of hydrogen-bond acceptors (Lipinski definition) is 2. The van der Waals surface area contributed by atoms with Crippen molar-refractivity contribution in [2.24, 2.45) is 11.8 Å². The molecule has 0 bridgehead atoms. The second-order valence-corrected chi connectivity index (χ2v) is 6.56. The monoisotopic (exact) mass is 297 g/mol. The van der Waals surface area contributed by atoms with Gasteiger partial charge >= 0.3 is 0 Å². The minimum Gasteiger partial charge on any atom is -0.338 e. The maximum absolute atomic E-state index is 12.7. The third kappa shape index (κ3) is 3.38. The normalized spacial score (nSPS) is 21.8. The number of amides is 1. The average Bonchev–Trinajstić information content (AvgIpc) is 2.98. The summed E-state index contributed by atoms with van der Waals surface area (Å²) in [6.07, 6.45) is 4.91. The number of carbonyl (C=O) groups excluding carboxylic acids is 1. The van der Waals surface area contributed by atoms with Crippen LogP contribution in [0, 0.1) is 11.8 Å². The van der Waals surface area contributed by atoms with Gasteiger partial charge in [0.2, 0.25) is 0 Å². The lowest BCUT2D eigenvalue weighted by Gasteiger charge is -2.35. The Hall–Kier alpha value is -2.10. The van der Waals surface area contributed by atoms with Gasteiger partial charge < -0.3 is 4.90 Å². The lowest BCUT2D eigenvalue weighted by Crippen LogP contribution is -2.42. The van der Waals surface area contributed by atoms with Crippen LogP contribution in [0.25, 0.3) is 0 Å². The molecule has 4 heteroatoms. The highest BCUT2D eigenvalue weighted by molar-refractivity contribution is 5.94. The quantitative estimate of drug-likeness (QED) is 0.873. The van der Waals surface area contributed by atoms with Crippen molar-refractivity contribution in [1.82, 2.24) is 14.7 Å². The van der Waals surface area contributed by atoms with Gasteiger partial charge in [0.15, 0.2) is 0 Å². The van der Waals surface area contributed by atoms with Gasteiger partial charge in [-0.1, -0.05) is 26.0 Å². The van der Waals surface area contributed by atoms with E-state index in [1.165, 1.54) is 6.42 Å². The summed E-state index contributed by atoms with van der Waals surface area (Å²) >= 11 is 0. The third-order valence-corrected chi connectivity index (χ3v) is 4.23. The van der Waals surface area contributed by atoms with Gasteiger partial charge in [0.25, 0.3) is 5.91 Å². The lowest BCUT2D eigenvalue weighted by atomic mass is 9.91. The summed E-state index contributed by atoms with van der Waals surface area (Å²) in [6.45, 7) is 6.88. The van der Waals surface area contributed by atoms with E-state index in [9.17, 15) is 4.79 Å². The Morgan fingerprint density at radius 3 is 2.68 bits per heavy atom. The molecule has 4 nitrogen and oxygen atoms in total. The van der Waals surface area contributed by atoms with E-state index in [0.717, 1.165) is 24.2 Å². The molecule has 3 rings (SSSR count). The number of likely N-dealkylation sites (tertiary alicyclic amines) is 1. The van der Waals surface area contributed by atoms with Crippen LogP contribution in [0.2, 0.25) is 0 Å². The van der Waals surface area contributed by atoms with Crippen molar-refractivity contribution in [2.45, 2.75) is 26.8 Å². The zero-order valence-electron chi connectivity index (χ0n) is 13.3. The van der Waals surface area contributed by atoms with Crippen molar-refractivity contribution in [3.63, 3.8) is 0 Å². The summed E-state index contributed by atoms with van der Waals surface area (Å²) in [5.74, 6) is 1.32. The van der Waals surface area contributed by atoms with Gasteiger partial charge in [0.05, 0.1) is 6.54 Å². The van der Waals surface area contributed by atoms with Crippen molar-refractivity contribution in [2.75, 3.05) is 13.1 Å². The Kier molecular flexibility index (Phi) is 4.27. The summed E-state index contributed by atoms with van der Waals surface area (Å²) < 4.78 is 1.87. The zero-order chi connectivity index (χ0) is 15.5. The Bertz CT molecular complexity index is 626. The number of aromatic nitrogens is 2. The molecule has 1 fully saturated rings. The van der Waals surface area contributed by atoms with E-state index in [4.69, 9.17) is 0 Å². The molecule has 1 aromatic carbocycles. The highest BCUT2D eigenvalue weighted by atomic mass is 16.2. The van der Waals surface area contributed by atoms with E-state index in [1.54, 1.807) is 6.20 Å². The molecule has 2 atom stereocenters. The standard InChI is InChI=1S/C18H23N3O/c1-14-9-15(2)12-20(11-14)18(22)17-6-3-5-16(10-17)13-21-8-4-7-19-21/h3-8,10,14-15H,9,11-13H2,1-2H3. The Labute approximate surface area is 131 Å². The summed E-state index contributed by atoms with van der Waals surface area (Å²) in [5.41, 5.74) is 1.89. The molecule has 22 heavy (non-hydrogen) atoms. The minimum absolute atomic E-state index is 0.153. The Morgan fingerprint density at radius 2 is 2.00 bits per heavy atom. The first-order valence-corrected chi connectivity index (χ1v) is 7.97.